The smallest absolute Gasteiger partial charge is 0.240 e. The largest absolute Gasteiger partial charge is 0.347 e. The van der Waals surface area contributed by atoms with Crippen LogP contribution in [0.2, 0.25) is 0 Å². The lowest BCUT2D eigenvalue weighted by atomic mass is 10.2. The van der Waals surface area contributed by atoms with Crippen molar-refractivity contribution in [2.75, 3.05) is 0 Å². The molecule has 2 aromatic rings. The molecule has 0 unspecified atom stereocenters. The minimum Gasteiger partial charge on any atom is -0.347 e. The first-order valence-electron chi connectivity index (χ1n) is 5.38. The van der Waals surface area contributed by atoms with Gasteiger partial charge in [0, 0.05) is 18.4 Å². The fourth-order valence-electron chi connectivity index (χ4n) is 1.48. The van der Waals surface area contributed by atoms with E-state index >= 15 is 0 Å². The van der Waals surface area contributed by atoms with Gasteiger partial charge < -0.3 is 10.7 Å². The molecule has 0 saturated heterocycles. The van der Waals surface area contributed by atoms with E-state index < -0.39 is 10.0 Å². The van der Waals surface area contributed by atoms with Gasteiger partial charge >= 0.3 is 0 Å². The van der Waals surface area contributed by atoms with Gasteiger partial charge in [0.1, 0.15) is 0 Å². The second-order valence-electron chi connectivity index (χ2n) is 3.75. The average Bonchev–Trinajstić information content (AvgIpc) is 2.90. The molecule has 4 N–H and O–H groups in total. The number of hydrogen-bond acceptors (Lipinski definition) is 4. The highest BCUT2D eigenvalue weighted by atomic mass is 32.2. The van der Waals surface area contributed by atoms with E-state index in [1.165, 1.54) is 12.4 Å². The zero-order valence-electron chi connectivity index (χ0n) is 9.63. The molecule has 7 heteroatoms. The Hall–Kier alpha value is -1.70. The maximum atomic E-state index is 12.0. The molecule has 96 valence electrons. The summed E-state index contributed by atoms with van der Waals surface area (Å²) in [4.78, 5) is 6.85. The summed E-state index contributed by atoms with van der Waals surface area (Å²) in [5.74, 6) is 0. The third-order valence-corrected chi connectivity index (χ3v) is 3.85. The van der Waals surface area contributed by atoms with Crippen LogP contribution < -0.4 is 10.5 Å². The molecule has 0 aliphatic rings. The maximum absolute atomic E-state index is 12.0. The number of rotatable bonds is 5. The molecule has 0 bridgehead atoms. The van der Waals surface area contributed by atoms with Gasteiger partial charge in [0.2, 0.25) is 10.0 Å². The third kappa shape index (κ3) is 2.95. The van der Waals surface area contributed by atoms with E-state index in [0.717, 1.165) is 5.56 Å². The molecule has 0 saturated carbocycles. The quantitative estimate of drug-likeness (QED) is 0.726. The number of sulfonamides is 1. The van der Waals surface area contributed by atoms with Crippen molar-refractivity contribution in [1.29, 1.82) is 0 Å². The van der Waals surface area contributed by atoms with E-state index in [9.17, 15) is 8.42 Å². The summed E-state index contributed by atoms with van der Waals surface area (Å²) in [5, 5.41) is 0. The Labute approximate surface area is 105 Å². The van der Waals surface area contributed by atoms with Crippen molar-refractivity contribution >= 4 is 10.0 Å². The molecule has 0 fully saturated rings. The number of aromatic nitrogens is 2. The summed E-state index contributed by atoms with van der Waals surface area (Å²) in [5.41, 5.74) is 6.96. The zero-order valence-corrected chi connectivity index (χ0v) is 10.4. The Morgan fingerprint density at radius 1 is 1.39 bits per heavy atom. The van der Waals surface area contributed by atoms with E-state index in [0.29, 0.717) is 12.2 Å². The maximum Gasteiger partial charge on any atom is 0.240 e. The standard InChI is InChI=1S/C11H14N4O2S/c12-5-9-2-1-3-11(4-9)18(16,17)15-7-10-6-13-8-14-10/h1-4,6,8,15H,5,7,12H2,(H,13,14). The second-order valence-corrected chi connectivity index (χ2v) is 5.52. The number of imidazole rings is 1. The summed E-state index contributed by atoms with van der Waals surface area (Å²) in [7, 11) is -3.52. The molecule has 1 heterocycles. The molecule has 0 radical (unpaired) electrons. The van der Waals surface area contributed by atoms with Gasteiger partial charge in [-0.25, -0.2) is 18.1 Å². The van der Waals surface area contributed by atoms with Gasteiger partial charge in [0.15, 0.2) is 0 Å². The monoisotopic (exact) mass is 266 g/mol. The van der Waals surface area contributed by atoms with Crippen LogP contribution in [0.5, 0.6) is 0 Å². The molecular weight excluding hydrogens is 252 g/mol. The Bertz CT molecular complexity index is 608. The SMILES string of the molecule is NCc1cccc(S(=O)(=O)NCc2cnc[nH]2)c1. The summed E-state index contributed by atoms with van der Waals surface area (Å²) in [6.45, 7) is 0.485. The fourth-order valence-corrected chi connectivity index (χ4v) is 2.55. The molecule has 0 atom stereocenters. The van der Waals surface area contributed by atoms with Crippen molar-refractivity contribution < 1.29 is 8.42 Å². The van der Waals surface area contributed by atoms with Crippen molar-refractivity contribution in [2.45, 2.75) is 18.0 Å². The lowest BCUT2D eigenvalue weighted by Gasteiger charge is -2.06. The zero-order chi connectivity index (χ0) is 13.0. The average molecular weight is 266 g/mol. The lowest BCUT2D eigenvalue weighted by Crippen LogP contribution is -2.23. The molecular formula is C11H14N4O2S. The van der Waals surface area contributed by atoms with Crippen LogP contribution in [0.4, 0.5) is 0 Å². The highest BCUT2D eigenvalue weighted by Crippen LogP contribution is 2.11. The number of hydrogen-bond donors (Lipinski definition) is 3. The number of nitrogens with zero attached hydrogens (tertiary/aromatic N) is 1. The topological polar surface area (TPSA) is 101 Å². The van der Waals surface area contributed by atoms with Crippen LogP contribution >= 0.6 is 0 Å². The minimum absolute atomic E-state index is 0.176. The Morgan fingerprint density at radius 2 is 2.22 bits per heavy atom. The second kappa shape index (κ2) is 5.30. The summed E-state index contributed by atoms with van der Waals surface area (Å²) >= 11 is 0. The molecule has 1 aromatic heterocycles. The number of H-pyrrole nitrogens is 1. The highest BCUT2D eigenvalue weighted by Gasteiger charge is 2.13. The van der Waals surface area contributed by atoms with Crippen LogP contribution in [0.25, 0.3) is 0 Å². The summed E-state index contributed by atoms with van der Waals surface area (Å²) in [6.07, 6.45) is 3.07. The molecule has 6 nitrogen and oxygen atoms in total. The Morgan fingerprint density at radius 3 is 2.89 bits per heavy atom. The van der Waals surface area contributed by atoms with Crippen LogP contribution in [-0.4, -0.2) is 18.4 Å². The van der Waals surface area contributed by atoms with Gasteiger partial charge in [-0.2, -0.15) is 0 Å². The molecule has 18 heavy (non-hydrogen) atoms. The molecule has 1 aromatic carbocycles. The number of aromatic amines is 1. The van der Waals surface area contributed by atoms with Crippen molar-refractivity contribution in [2.24, 2.45) is 5.73 Å². The van der Waals surface area contributed by atoms with Crippen molar-refractivity contribution in [3.8, 4) is 0 Å². The first-order valence-corrected chi connectivity index (χ1v) is 6.86. The van der Waals surface area contributed by atoms with Gasteiger partial charge in [-0.15, -0.1) is 0 Å². The normalized spacial score (nSPS) is 11.6. The first kappa shape index (κ1) is 12.7. The molecule has 0 spiro atoms. The van der Waals surface area contributed by atoms with Gasteiger partial charge in [-0.3, -0.25) is 0 Å². The Balaban J connectivity index is 2.14. The van der Waals surface area contributed by atoms with Crippen LogP contribution in [-0.2, 0) is 23.1 Å². The fraction of sp³-hybridized carbons (Fsp3) is 0.182. The van der Waals surface area contributed by atoms with Crippen LogP contribution in [0.15, 0.2) is 41.7 Å². The van der Waals surface area contributed by atoms with Crippen LogP contribution in [0, 0.1) is 0 Å². The third-order valence-electron chi connectivity index (χ3n) is 2.45. The van der Waals surface area contributed by atoms with Crippen molar-refractivity contribution in [3.05, 3.63) is 48.0 Å². The molecule has 2 rings (SSSR count). The van der Waals surface area contributed by atoms with Gasteiger partial charge in [0.05, 0.1) is 17.8 Å². The molecule has 0 amide bonds. The summed E-state index contributed by atoms with van der Waals surface area (Å²) in [6, 6.07) is 6.56. The predicted molar refractivity (Wildman–Crippen MR) is 66.9 cm³/mol. The number of nitrogens with one attached hydrogen (secondary N) is 2. The number of nitrogens with two attached hydrogens (primary N) is 1. The summed E-state index contributed by atoms with van der Waals surface area (Å²) < 4.78 is 26.5. The molecule has 0 aliphatic heterocycles. The van der Waals surface area contributed by atoms with E-state index in [-0.39, 0.29) is 11.4 Å². The first-order chi connectivity index (χ1) is 8.62. The van der Waals surface area contributed by atoms with Crippen LogP contribution in [0.1, 0.15) is 11.3 Å². The van der Waals surface area contributed by atoms with Gasteiger partial charge in [0.25, 0.3) is 0 Å². The predicted octanol–water partition coefficient (Wildman–Crippen LogP) is 0.347. The van der Waals surface area contributed by atoms with E-state index in [1.807, 2.05) is 0 Å². The Kier molecular flexibility index (Phi) is 3.75. The van der Waals surface area contributed by atoms with Crippen molar-refractivity contribution in [1.82, 2.24) is 14.7 Å². The number of benzene rings is 1. The lowest BCUT2D eigenvalue weighted by molar-refractivity contribution is 0.580. The van der Waals surface area contributed by atoms with E-state index in [2.05, 4.69) is 14.7 Å². The minimum atomic E-state index is -3.52. The van der Waals surface area contributed by atoms with Crippen molar-refractivity contribution in [3.63, 3.8) is 0 Å². The van der Waals surface area contributed by atoms with Gasteiger partial charge in [-0.1, -0.05) is 12.1 Å². The van der Waals surface area contributed by atoms with Crippen LogP contribution in [0.3, 0.4) is 0 Å². The molecule has 0 aliphatic carbocycles. The highest BCUT2D eigenvalue weighted by molar-refractivity contribution is 7.89. The van der Waals surface area contributed by atoms with Gasteiger partial charge in [-0.05, 0) is 17.7 Å². The van der Waals surface area contributed by atoms with E-state index in [1.54, 1.807) is 24.4 Å². The van der Waals surface area contributed by atoms with E-state index in [4.69, 9.17) is 5.73 Å².